The Labute approximate surface area is 134 Å². The Balaban J connectivity index is 1.81. The molecule has 116 valence electrons. The van der Waals surface area contributed by atoms with Crippen molar-refractivity contribution in [2.75, 3.05) is 18.1 Å². The number of carbonyl (C=O) groups is 1. The molecule has 0 spiro atoms. The fourth-order valence-corrected chi connectivity index (χ4v) is 3.97. The third-order valence-electron chi connectivity index (χ3n) is 4.07. The third-order valence-corrected chi connectivity index (χ3v) is 5.30. The smallest absolute Gasteiger partial charge is 0.253 e. The van der Waals surface area contributed by atoms with Crippen molar-refractivity contribution in [1.82, 2.24) is 10.3 Å². The molecule has 2 N–H and O–H groups in total. The molecule has 1 unspecified atom stereocenters. The van der Waals surface area contributed by atoms with Crippen LogP contribution in [0.5, 0.6) is 0 Å². The number of carbonyl (C=O) groups excluding carboxylic acids is 1. The van der Waals surface area contributed by atoms with Crippen LogP contribution in [-0.2, 0) is 0 Å². The number of hydrogen-bond donors (Lipinski definition) is 2. The minimum absolute atomic E-state index is 0.169. The van der Waals surface area contributed by atoms with Crippen LogP contribution in [0.1, 0.15) is 28.0 Å². The van der Waals surface area contributed by atoms with Gasteiger partial charge in [-0.2, -0.15) is 11.8 Å². The number of amides is 1. The Morgan fingerprint density at radius 2 is 2.23 bits per heavy atom. The number of pyridine rings is 1. The van der Waals surface area contributed by atoms with Gasteiger partial charge in [-0.25, -0.2) is 0 Å². The Hall–Kier alpha value is -1.59. The lowest BCUT2D eigenvalue weighted by atomic mass is 10.0. The van der Waals surface area contributed by atoms with E-state index < -0.39 is 5.60 Å². The van der Waals surface area contributed by atoms with E-state index in [1.165, 1.54) is 0 Å². The van der Waals surface area contributed by atoms with Crippen molar-refractivity contribution in [1.29, 1.82) is 0 Å². The van der Waals surface area contributed by atoms with Gasteiger partial charge in [0.15, 0.2) is 0 Å². The summed E-state index contributed by atoms with van der Waals surface area (Å²) >= 11 is 1.72. The number of aliphatic hydroxyl groups is 1. The van der Waals surface area contributed by atoms with Gasteiger partial charge >= 0.3 is 0 Å². The lowest BCUT2D eigenvalue weighted by Crippen LogP contribution is -2.43. The molecule has 1 aromatic carbocycles. The summed E-state index contributed by atoms with van der Waals surface area (Å²) < 4.78 is 0. The lowest BCUT2D eigenvalue weighted by molar-refractivity contribution is 0.0612. The molecule has 1 aliphatic rings. The van der Waals surface area contributed by atoms with E-state index in [-0.39, 0.29) is 5.91 Å². The quantitative estimate of drug-likeness (QED) is 0.913. The van der Waals surface area contributed by atoms with E-state index in [1.807, 2.05) is 38.1 Å². The Morgan fingerprint density at radius 3 is 2.95 bits per heavy atom. The van der Waals surface area contributed by atoms with Crippen LogP contribution in [0, 0.1) is 13.8 Å². The normalized spacial score (nSPS) is 21.2. The molecule has 1 atom stereocenters. The molecule has 1 aromatic heterocycles. The summed E-state index contributed by atoms with van der Waals surface area (Å²) in [6.45, 7) is 4.17. The first kappa shape index (κ1) is 15.3. The lowest BCUT2D eigenvalue weighted by Gasteiger charge is -2.21. The molecule has 0 radical (unpaired) electrons. The first-order chi connectivity index (χ1) is 10.5. The van der Waals surface area contributed by atoms with Crippen molar-refractivity contribution >= 4 is 28.6 Å². The molecular weight excluding hydrogens is 296 g/mol. The van der Waals surface area contributed by atoms with Crippen molar-refractivity contribution in [3.63, 3.8) is 0 Å². The van der Waals surface area contributed by atoms with Crippen LogP contribution in [0.25, 0.3) is 10.9 Å². The molecule has 5 heteroatoms. The summed E-state index contributed by atoms with van der Waals surface area (Å²) in [7, 11) is 0. The summed E-state index contributed by atoms with van der Waals surface area (Å²) in [5.74, 6) is 1.46. The number of aryl methyl sites for hydroxylation is 2. The predicted molar refractivity (Wildman–Crippen MR) is 90.4 cm³/mol. The Morgan fingerprint density at radius 1 is 1.41 bits per heavy atom. The highest BCUT2D eigenvalue weighted by atomic mass is 32.2. The van der Waals surface area contributed by atoms with E-state index >= 15 is 0 Å². The molecule has 1 amide bonds. The first-order valence-corrected chi connectivity index (χ1v) is 8.59. The average Bonchev–Trinajstić information content (AvgIpc) is 2.91. The van der Waals surface area contributed by atoms with Crippen LogP contribution in [0.15, 0.2) is 24.3 Å². The Kier molecular flexibility index (Phi) is 4.10. The van der Waals surface area contributed by atoms with E-state index in [9.17, 15) is 9.90 Å². The van der Waals surface area contributed by atoms with Gasteiger partial charge < -0.3 is 10.4 Å². The predicted octanol–water partition coefficient (Wildman–Crippen LogP) is 2.45. The van der Waals surface area contributed by atoms with Crippen LogP contribution in [0.3, 0.4) is 0 Å². The van der Waals surface area contributed by atoms with Crippen molar-refractivity contribution in [2.24, 2.45) is 0 Å². The van der Waals surface area contributed by atoms with Gasteiger partial charge in [-0.05, 0) is 43.7 Å². The molecule has 3 rings (SSSR count). The van der Waals surface area contributed by atoms with Crippen molar-refractivity contribution in [2.45, 2.75) is 25.9 Å². The van der Waals surface area contributed by atoms with Crippen LogP contribution >= 0.6 is 11.8 Å². The van der Waals surface area contributed by atoms with Gasteiger partial charge in [0.1, 0.15) is 0 Å². The summed E-state index contributed by atoms with van der Waals surface area (Å²) in [6, 6.07) is 7.89. The highest BCUT2D eigenvalue weighted by molar-refractivity contribution is 7.99. The second-order valence-electron chi connectivity index (χ2n) is 6.03. The highest BCUT2D eigenvalue weighted by Gasteiger charge is 2.32. The zero-order valence-electron chi connectivity index (χ0n) is 12.8. The molecule has 1 aliphatic heterocycles. The summed E-state index contributed by atoms with van der Waals surface area (Å²) in [4.78, 5) is 16.9. The van der Waals surface area contributed by atoms with Crippen LogP contribution < -0.4 is 5.32 Å². The van der Waals surface area contributed by atoms with Gasteiger partial charge in [0, 0.05) is 17.7 Å². The molecule has 22 heavy (non-hydrogen) atoms. The third kappa shape index (κ3) is 3.10. The summed E-state index contributed by atoms with van der Waals surface area (Å²) in [6.07, 6.45) is 0.728. The second-order valence-corrected chi connectivity index (χ2v) is 7.13. The number of fused-ring (bicyclic) bond motifs is 1. The van der Waals surface area contributed by atoms with Gasteiger partial charge in [-0.1, -0.05) is 12.1 Å². The SMILES string of the molecule is Cc1ccc2cc(C(=O)NCC3(O)CCSC3)c(C)nc2c1. The van der Waals surface area contributed by atoms with E-state index in [4.69, 9.17) is 0 Å². The molecule has 4 nitrogen and oxygen atoms in total. The molecule has 0 bridgehead atoms. The highest BCUT2D eigenvalue weighted by Crippen LogP contribution is 2.27. The fourth-order valence-electron chi connectivity index (χ4n) is 2.68. The largest absolute Gasteiger partial charge is 0.387 e. The average molecular weight is 316 g/mol. The number of rotatable bonds is 3. The number of thioether (sulfide) groups is 1. The number of nitrogens with one attached hydrogen (secondary N) is 1. The van der Waals surface area contributed by atoms with Gasteiger partial charge in [0.05, 0.1) is 22.4 Å². The zero-order valence-corrected chi connectivity index (χ0v) is 13.7. The Bertz CT molecular complexity index is 724. The maximum atomic E-state index is 12.4. The summed E-state index contributed by atoms with van der Waals surface area (Å²) in [5.41, 5.74) is 2.57. The van der Waals surface area contributed by atoms with Crippen LogP contribution in [0.4, 0.5) is 0 Å². The monoisotopic (exact) mass is 316 g/mol. The molecule has 2 aromatic rings. The van der Waals surface area contributed by atoms with Crippen molar-refractivity contribution in [3.8, 4) is 0 Å². The van der Waals surface area contributed by atoms with E-state index in [0.717, 1.165) is 28.6 Å². The summed E-state index contributed by atoms with van der Waals surface area (Å²) in [5, 5.41) is 14.1. The standard InChI is InChI=1S/C17H20N2O2S/c1-11-3-4-13-8-14(12(2)19-15(13)7-11)16(20)18-9-17(21)5-6-22-10-17/h3-4,7-8,21H,5-6,9-10H2,1-2H3,(H,18,20). The number of nitrogens with zero attached hydrogens (tertiary/aromatic N) is 1. The van der Waals surface area contributed by atoms with Crippen molar-refractivity contribution < 1.29 is 9.90 Å². The maximum absolute atomic E-state index is 12.4. The van der Waals surface area contributed by atoms with Crippen LogP contribution in [-0.4, -0.2) is 39.6 Å². The minimum Gasteiger partial charge on any atom is -0.387 e. The fraction of sp³-hybridized carbons (Fsp3) is 0.412. The number of benzene rings is 1. The van der Waals surface area contributed by atoms with E-state index in [2.05, 4.69) is 10.3 Å². The van der Waals surface area contributed by atoms with Gasteiger partial charge in [0.2, 0.25) is 0 Å². The molecular formula is C17H20N2O2S. The van der Waals surface area contributed by atoms with Gasteiger partial charge in [-0.15, -0.1) is 0 Å². The minimum atomic E-state index is -0.768. The second kappa shape index (κ2) is 5.89. The van der Waals surface area contributed by atoms with Crippen molar-refractivity contribution in [3.05, 3.63) is 41.1 Å². The zero-order chi connectivity index (χ0) is 15.7. The van der Waals surface area contributed by atoms with Gasteiger partial charge in [-0.3, -0.25) is 9.78 Å². The van der Waals surface area contributed by atoms with Gasteiger partial charge in [0.25, 0.3) is 5.91 Å². The molecule has 0 aliphatic carbocycles. The van der Waals surface area contributed by atoms with Crippen LogP contribution in [0.2, 0.25) is 0 Å². The number of aromatic nitrogens is 1. The maximum Gasteiger partial charge on any atom is 0.253 e. The molecule has 2 heterocycles. The van der Waals surface area contributed by atoms with E-state index in [0.29, 0.717) is 23.6 Å². The topological polar surface area (TPSA) is 62.2 Å². The molecule has 1 saturated heterocycles. The first-order valence-electron chi connectivity index (χ1n) is 7.43. The number of hydrogen-bond acceptors (Lipinski definition) is 4. The molecule has 1 fully saturated rings. The van der Waals surface area contributed by atoms with E-state index in [1.54, 1.807) is 11.8 Å². The molecule has 0 saturated carbocycles.